The predicted molar refractivity (Wildman–Crippen MR) is 109 cm³/mol. The van der Waals surface area contributed by atoms with E-state index in [2.05, 4.69) is 10.6 Å². The van der Waals surface area contributed by atoms with Crippen LogP contribution in [0.4, 0.5) is 13.2 Å². The Morgan fingerprint density at radius 2 is 2.00 bits per heavy atom. The van der Waals surface area contributed by atoms with Gasteiger partial charge in [-0.05, 0) is 49.8 Å². The maximum absolute atomic E-state index is 13.0. The third-order valence-electron chi connectivity index (χ3n) is 4.53. The molecule has 9 heteroatoms. The molecule has 0 fully saturated rings. The second-order valence-electron chi connectivity index (χ2n) is 6.67. The summed E-state index contributed by atoms with van der Waals surface area (Å²) in [6.07, 6.45) is -3.11. The Kier molecular flexibility index (Phi) is 6.50. The molecule has 0 radical (unpaired) electrons. The lowest BCUT2D eigenvalue weighted by molar-refractivity contribution is -0.139. The fourth-order valence-corrected chi connectivity index (χ4v) is 3.48. The molecule has 2 aromatic rings. The molecular formula is C21H21F3N2O3S. The van der Waals surface area contributed by atoms with Crippen molar-refractivity contribution in [3.63, 3.8) is 0 Å². The van der Waals surface area contributed by atoms with E-state index in [0.717, 1.165) is 18.6 Å². The van der Waals surface area contributed by atoms with Crippen LogP contribution in [0.5, 0.6) is 0 Å². The van der Waals surface area contributed by atoms with Gasteiger partial charge in [0, 0.05) is 11.3 Å². The minimum absolute atomic E-state index is 0.201. The molecule has 2 heterocycles. The molecule has 0 bridgehead atoms. The quantitative estimate of drug-likeness (QED) is 0.483. The first-order chi connectivity index (χ1) is 14.2. The van der Waals surface area contributed by atoms with Crippen molar-refractivity contribution in [3.8, 4) is 11.3 Å². The van der Waals surface area contributed by atoms with Crippen LogP contribution in [0.3, 0.4) is 0 Å². The average Bonchev–Trinajstić information content (AvgIpc) is 3.17. The van der Waals surface area contributed by atoms with Gasteiger partial charge in [0.2, 0.25) is 0 Å². The van der Waals surface area contributed by atoms with E-state index in [0.29, 0.717) is 28.6 Å². The van der Waals surface area contributed by atoms with Gasteiger partial charge in [-0.1, -0.05) is 25.5 Å². The Balaban J connectivity index is 2.00. The molecule has 160 valence electrons. The van der Waals surface area contributed by atoms with E-state index in [1.165, 1.54) is 12.1 Å². The number of furan rings is 1. The molecule has 1 atom stereocenters. The van der Waals surface area contributed by atoms with Gasteiger partial charge in [-0.15, -0.1) is 0 Å². The van der Waals surface area contributed by atoms with Crippen LogP contribution in [0.1, 0.15) is 44.1 Å². The topological polar surface area (TPSA) is 63.5 Å². The second kappa shape index (κ2) is 8.91. The molecule has 3 rings (SSSR count). The number of thiocarbonyl (C=S) groups is 1. The standard InChI is InChI=1S/C21H21F3N2O3S/c1-3-6-14-17(19(27)28-4-2)18(26-20(30)25-14)16-10-9-15(29-16)12-7-5-8-13(11-12)21(22,23)24/h5,7-11,18H,3-4,6H2,1-2H3,(H2,25,26,30)/t18-/m0/s1. The van der Waals surface area contributed by atoms with Gasteiger partial charge in [-0.25, -0.2) is 4.79 Å². The Morgan fingerprint density at radius 3 is 2.67 bits per heavy atom. The summed E-state index contributed by atoms with van der Waals surface area (Å²) in [5.74, 6) is 0.0935. The number of hydrogen-bond donors (Lipinski definition) is 2. The third-order valence-corrected chi connectivity index (χ3v) is 4.75. The maximum Gasteiger partial charge on any atom is 0.416 e. The average molecular weight is 438 g/mol. The van der Waals surface area contributed by atoms with Crippen LogP contribution in [0, 0.1) is 0 Å². The van der Waals surface area contributed by atoms with E-state index in [9.17, 15) is 18.0 Å². The van der Waals surface area contributed by atoms with Crippen LogP contribution in [-0.4, -0.2) is 17.7 Å². The summed E-state index contributed by atoms with van der Waals surface area (Å²) >= 11 is 5.26. The van der Waals surface area contributed by atoms with Crippen molar-refractivity contribution < 1.29 is 27.1 Å². The molecule has 0 saturated heterocycles. The molecule has 5 nitrogen and oxygen atoms in total. The lowest BCUT2D eigenvalue weighted by Gasteiger charge is -2.29. The van der Waals surface area contributed by atoms with Gasteiger partial charge in [0.15, 0.2) is 5.11 Å². The van der Waals surface area contributed by atoms with Gasteiger partial charge >= 0.3 is 12.1 Å². The molecule has 1 aliphatic heterocycles. The fourth-order valence-electron chi connectivity index (χ4n) is 3.24. The van der Waals surface area contributed by atoms with Crippen LogP contribution in [0.15, 0.2) is 52.1 Å². The molecule has 30 heavy (non-hydrogen) atoms. The first-order valence-corrected chi connectivity index (χ1v) is 9.90. The lowest BCUT2D eigenvalue weighted by Crippen LogP contribution is -2.45. The molecule has 0 aliphatic carbocycles. The molecular weight excluding hydrogens is 417 g/mol. The summed E-state index contributed by atoms with van der Waals surface area (Å²) in [4.78, 5) is 12.6. The molecule has 0 amide bonds. The van der Waals surface area contributed by atoms with Crippen molar-refractivity contribution in [2.75, 3.05) is 6.61 Å². The molecule has 0 saturated carbocycles. The van der Waals surface area contributed by atoms with Crippen molar-refractivity contribution in [1.82, 2.24) is 10.6 Å². The van der Waals surface area contributed by atoms with Crippen molar-refractivity contribution in [1.29, 1.82) is 0 Å². The maximum atomic E-state index is 13.0. The lowest BCUT2D eigenvalue weighted by atomic mass is 9.98. The zero-order chi connectivity index (χ0) is 21.9. The smallest absolute Gasteiger partial charge is 0.416 e. The summed E-state index contributed by atoms with van der Waals surface area (Å²) in [5, 5.41) is 6.33. The van der Waals surface area contributed by atoms with Crippen molar-refractivity contribution in [3.05, 3.63) is 59.0 Å². The Labute approximate surface area is 177 Å². The fraction of sp³-hybridized carbons (Fsp3) is 0.333. The number of halogens is 3. The van der Waals surface area contributed by atoms with Crippen LogP contribution < -0.4 is 10.6 Å². The first kappa shape index (κ1) is 21.9. The summed E-state index contributed by atoms with van der Waals surface area (Å²) in [6.45, 7) is 3.88. The first-order valence-electron chi connectivity index (χ1n) is 9.49. The highest BCUT2D eigenvalue weighted by Crippen LogP contribution is 2.35. The number of alkyl halides is 3. The van der Waals surface area contributed by atoms with E-state index in [1.54, 1.807) is 19.1 Å². The number of rotatable bonds is 6. The zero-order valence-electron chi connectivity index (χ0n) is 16.4. The van der Waals surface area contributed by atoms with E-state index < -0.39 is 23.8 Å². The van der Waals surface area contributed by atoms with E-state index in [-0.39, 0.29) is 17.9 Å². The Bertz CT molecular complexity index is 982. The van der Waals surface area contributed by atoms with Gasteiger partial charge in [-0.2, -0.15) is 13.2 Å². The number of ether oxygens (including phenoxy) is 1. The highest BCUT2D eigenvalue weighted by molar-refractivity contribution is 7.80. The van der Waals surface area contributed by atoms with Crippen molar-refractivity contribution in [2.24, 2.45) is 0 Å². The highest BCUT2D eigenvalue weighted by atomic mass is 32.1. The minimum Gasteiger partial charge on any atom is -0.463 e. The molecule has 0 unspecified atom stereocenters. The summed E-state index contributed by atoms with van der Waals surface area (Å²) in [7, 11) is 0. The van der Waals surface area contributed by atoms with Crippen LogP contribution in [-0.2, 0) is 15.7 Å². The van der Waals surface area contributed by atoms with Crippen LogP contribution in [0.25, 0.3) is 11.3 Å². The Morgan fingerprint density at radius 1 is 1.23 bits per heavy atom. The summed E-state index contributed by atoms with van der Waals surface area (Å²) in [6, 6.07) is 7.35. The highest BCUT2D eigenvalue weighted by Gasteiger charge is 2.34. The van der Waals surface area contributed by atoms with Gasteiger partial charge in [0.25, 0.3) is 0 Å². The van der Waals surface area contributed by atoms with E-state index >= 15 is 0 Å². The second-order valence-corrected chi connectivity index (χ2v) is 7.08. The van der Waals surface area contributed by atoms with E-state index in [1.807, 2.05) is 6.92 Å². The number of carbonyl (C=O) groups is 1. The van der Waals surface area contributed by atoms with Crippen molar-refractivity contribution >= 4 is 23.3 Å². The number of allylic oxidation sites excluding steroid dienone is 1. The molecule has 0 spiro atoms. The van der Waals surface area contributed by atoms with Crippen LogP contribution in [0.2, 0.25) is 0 Å². The number of nitrogens with one attached hydrogen (secondary N) is 2. The van der Waals surface area contributed by atoms with Gasteiger partial charge in [0.1, 0.15) is 17.6 Å². The number of benzene rings is 1. The predicted octanol–water partition coefficient (Wildman–Crippen LogP) is 5.10. The van der Waals surface area contributed by atoms with E-state index in [4.69, 9.17) is 21.4 Å². The van der Waals surface area contributed by atoms with Gasteiger partial charge in [-0.3, -0.25) is 0 Å². The third kappa shape index (κ3) is 4.67. The normalized spacial score (nSPS) is 16.8. The molecule has 1 aliphatic rings. The van der Waals surface area contributed by atoms with Gasteiger partial charge in [0.05, 0.1) is 17.7 Å². The van der Waals surface area contributed by atoms with Crippen molar-refractivity contribution in [2.45, 2.75) is 38.9 Å². The minimum atomic E-state index is -4.46. The number of hydrogen-bond acceptors (Lipinski definition) is 4. The number of carbonyl (C=O) groups excluding carboxylic acids is 1. The largest absolute Gasteiger partial charge is 0.463 e. The van der Waals surface area contributed by atoms with Crippen LogP contribution >= 0.6 is 12.2 Å². The summed E-state index contributed by atoms with van der Waals surface area (Å²) in [5.41, 5.74) is 0.499. The molecule has 1 aromatic heterocycles. The molecule has 2 N–H and O–H groups in total. The number of esters is 1. The van der Waals surface area contributed by atoms with Gasteiger partial charge < -0.3 is 19.8 Å². The molecule has 1 aromatic carbocycles. The summed E-state index contributed by atoms with van der Waals surface area (Å²) < 4.78 is 50.1. The zero-order valence-corrected chi connectivity index (χ0v) is 17.2. The monoisotopic (exact) mass is 438 g/mol. The SMILES string of the molecule is CCCC1=C(C(=O)OCC)[C@H](c2ccc(-c3cccc(C(F)(F)F)c3)o2)NC(=S)N1. The Hall–Kier alpha value is -2.81.